The van der Waals surface area contributed by atoms with E-state index in [0.717, 1.165) is 30.4 Å². The third-order valence-electron chi connectivity index (χ3n) is 3.97. The van der Waals surface area contributed by atoms with E-state index >= 15 is 0 Å². The van der Waals surface area contributed by atoms with Crippen LogP contribution >= 0.6 is 0 Å². The Kier molecular flexibility index (Phi) is 6.39. The molecule has 4 heteroatoms. The number of para-hydroxylation sites is 1. The van der Waals surface area contributed by atoms with Gasteiger partial charge in [-0.2, -0.15) is 0 Å². The molecule has 1 aromatic heterocycles. The van der Waals surface area contributed by atoms with Gasteiger partial charge in [-0.3, -0.25) is 9.98 Å². The normalized spacial score (nSPS) is 13.3. The molecule has 0 spiro atoms. The smallest absolute Gasteiger partial charge is 0.191 e. The topological polar surface area (TPSA) is 49.3 Å². The van der Waals surface area contributed by atoms with Crippen molar-refractivity contribution in [3.63, 3.8) is 0 Å². The first-order valence-electron chi connectivity index (χ1n) is 8.40. The highest BCUT2D eigenvalue weighted by Gasteiger charge is 2.07. The molecule has 2 N–H and O–H groups in total. The highest BCUT2D eigenvalue weighted by Crippen LogP contribution is 2.15. The second kappa shape index (κ2) is 8.51. The molecule has 0 saturated heterocycles. The summed E-state index contributed by atoms with van der Waals surface area (Å²) in [5, 5.41) is 8.06. The molecule has 0 bridgehead atoms. The fourth-order valence-corrected chi connectivity index (χ4v) is 2.57. The first-order valence-corrected chi connectivity index (χ1v) is 8.40. The summed E-state index contributed by atoms with van der Waals surface area (Å²) in [5.74, 6) is 1.58. The number of rotatable bonds is 6. The summed E-state index contributed by atoms with van der Waals surface area (Å²) in [6, 6.07) is 10.7. The molecule has 23 heavy (non-hydrogen) atoms. The summed E-state index contributed by atoms with van der Waals surface area (Å²) in [6.45, 7) is 7.46. The Morgan fingerprint density at radius 2 is 1.91 bits per heavy atom. The van der Waals surface area contributed by atoms with Gasteiger partial charge < -0.3 is 10.6 Å². The van der Waals surface area contributed by atoms with Crippen molar-refractivity contribution in [3.8, 4) is 0 Å². The maximum absolute atomic E-state index is 4.40. The molecule has 0 amide bonds. The van der Waals surface area contributed by atoms with Gasteiger partial charge in [0.25, 0.3) is 0 Å². The Hall–Kier alpha value is -2.10. The van der Waals surface area contributed by atoms with Crippen molar-refractivity contribution < 1.29 is 0 Å². The SMILES string of the molecule is CN=C(NCc1ccnc2ccccc12)NC(C)CCC(C)C. The van der Waals surface area contributed by atoms with E-state index in [1.165, 1.54) is 17.4 Å². The van der Waals surface area contributed by atoms with Gasteiger partial charge in [-0.25, -0.2) is 0 Å². The molecule has 124 valence electrons. The van der Waals surface area contributed by atoms with Gasteiger partial charge in [0.15, 0.2) is 5.96 Å². The van der Waals surface area contributed by atoms with Gasteiger partial charge in [-0.05, 0) is 43.4 Å². The maximum Gasteiger partial charge on any atom is 0.191 e. The lowest BCUT2D eigenvalue weighted by atomic mass is 10.0. The molecular weight excluding hydrogens is 284 g/mol. The van der Waals surface area contributed by atoms with Crippen molar-refractivity contribution in [2.75, 3.05) is 7.05 Å². The summed E-state index contributed by atoms with van der Waals surface area (Å²) in [5.41, 5.74) is 2.26. The number of nitrogens with one attached hydrogen (secondary N) is 2. The van der Waals surface area contributed by atoms with Crippen molar-refractivity contribution in [2.45, 2.75) is 46.2 Å². The lowest BCUT2D eigenvalue weighted by molar-refractivity contribution is 0.489. The number of guanidine groups is 1. The lowest BCUT2D eigenvalue weighted by Gasteiger charge is -2.19. The maximum atomic E-state index is 4.40. The Bertz CT molecular complexity index is 643. The molecule has 0 aliphatic carbocycles. The molecule has 2 aromatic rings. The molecule has 1 heterocycles. The average Bonchev–Trinajstić information content (AvgIpc) is 2.56. The number of aliphatic imine (C=N–C) groups is 1. The quantitative estimate of drug-likeness (QED) is 0.631. The van der Waals surface area contributed by atoms with E-state index in [2.05, 4.69) is 59.6 Å². The van der Waals surface area contributed by atoms with E-state index in [0.29, 0.717) is 6.04 Å². The first kappa shape index (κ1) is 17.3. The van der Waals surface area contributed by atoms with Gasteiger partial charge in [0.2, 0.25) is 0 Å². The van der Waals surface area contributed by atoms with Crippen molar-refractivity contribution >= 4 is 16.9 Å². The Morgan fingerprint density at radius 3 is 2.65 bits per heavy atom. The number of hydrogen-bond donors (Lipinski definition) is 2. The summed E-state index contributed by atoms with van der Waals surface area (Å²) >= 11 is 0. The minimum absolute atomic E-state index is 0.415. The number of nitrogens with zero attached hydrogens (tertiary/aromatic N) is 2. The van der Waals surface area contributed by atoms with Crippen LogP contribution in [0.15, 0.2) is 41.5 Å². The van der Waals surface area contributed by atoms with Gasteiger partial charge in [-0.1, -0.05) is 32.0 Å². The zero-order valence-corrected chi connectivity index (χ0v) is 14.6. The fourth-order valence-electron chi connectivity index (χ4n) is 2.57. The molecule has 0 aliphatic heterocycles. The van der Waals surface area contributed by atoms with Crippen molar-refractivity contribution in [3.05, 3.63) is 42.1 Å². The first-order chi connectivity index (χ1) is 11.1. The molecule has 4 nitrogen and oxygen atoms in total. The Labute approximate surface area is 139 Å². The number of aromatic nitrogens is 1. The summed E-state index contributed by atoms with van der Waals surface area (Å²) in [7, 11) is 1.81. The van der Waals surface area contributed by atoms with Crippen LogP contribution in [-0.2, 0) is 6.54 Å². The highest BCUT2D eigenvalue weighted by atomic mass is 15.2. The summed E-state index contributed by atoms with van der Waals surface area (Å²) in [6.07, 6.45) is 4.23. The van der Waals surface area contributed by atoms with Crippen LogP contribution in [0.25, 0.3) is 10.9 Å². The molecular formula is C19H28N4. The van der Waals surface area contributed by atoms with Crippen LogP contribution in [0.2, 0.25) is 0 Å². The second-order valence-corrected chi connectivity index (χ2v) is 6.43. The minimum atomic E-state index is 0.415. The molecule has 0 fully saturated rings. The zero-order valence-electron chi connectivity index (χ0n) is 14.6. The van der Waals surface area contributed by atoms with E-state index in [1.807, 2.05) is 25.4 Å². The molecule has 1 unspecified atom stereocenters. The van der Waals surface area contributed by atoms with E-state index in [1.54, 1.807) is 0 Å². The van der Waals surface area contributed by atoms with Crippen LogP contribution in [-0.4, -0.2) is 24.0 Å². The van der Waals surface area contributed by atoms with Crippen molar-refractivity contribution in [1.29, 1.82) is 0 Å². The Balaban J connectivity index is 1.95. The van der Waals surface area contributed by atoms with Crippen LogP contribution < -0.4 is 10.6 Å². The highest BCUT2D eigenvalue weighted by molar-refractivity contribution is 5.83. The predicted octanol–water partition coefficient (Wildman–Crippen LogP) is 3.72. The van der Waals surface area contributed by atoms with E-state index < -0.39 is 0 Å². The van der Waals surface area contributed by atoms with Crippen LogP contribution in [0, 0.1) is 5.92 Å². The number of pyridine rings is 1. The van der Waals surface area contributed by atoms with Gasteiger partial charge in [-0.15, -0.1) is 0 Å². The summed E-state index contributed by atoms with van der Waals surface area (Å²) in [4.78, 5) is 8.73. The lowest BCUT2D eigenvalue weighted by Crippen LogP contribution is -2.41. The number of benzene rings is 1. The van der Waals surface area contributed by atoms with E-state index in [-0.39, 0.29) is 0 Å². The summed E-state index contributed by atoms with van der Waals surface area (Å²) < 4.78 is 0. The van der Waals surface area contributed by atoms with Gasteiger partial charge in [0.05, 0.1) is 5.52 Å². The van der Waals surface area contributed by atoms with Crippen LogP contribution in [0.3, 0.4) is 0 Å². The number of hydrogen-bond acceptors (Lipinski definition) is 2. The predicted molar refractivity (Wildman–Crippen MR) is 98.6 cm³/mol. The van der Waals surface area contributed by atoms with Gasteiger partial charge in [0.1, 0.15) is 0 Å². The minimum Gasteiger partial charge on any atom is -0.354 e. The fraction of sp³-hybridized carbons (Fsp3) is 0.474. The second-order valence-electron chi connectivity index (χ2n) is 6.43. The van der Waals surface area contributed by atoms with Crippen LogP contribution in [0.4, 0.5) is 0 Å². The molecule has 1 aromatic carbocycles. The van der Waals surface area contributed by atoms with Gasteiger partial charge in [0, 0.05) is 31.2 Å². The Morgan fingerprint density at radius 1 is 1.13 bits per heavy atom. The largest absolute Gasteiger partial charge is 0.354 e. The number of fused-ring (bicyclic) bond motifs is 1. The van der Waals surface area contributed by atoms with Gasteiger partial charge >= 0.3 is 0 Å². The molecule has 1 atom stereocenters. The van der Waals surface area contributed by atoms with Crippen LogP contribution in [0.5, 0.6) is 0 Å². The third kappa shape index (κ3) is 5.23. The molecule has 2 rings (SSSR count). The van der Waals surface area contributed by atoms with Crippen LogP contribution in [0.1, 0.15) is 39.2 Å². The zero-order chi connectivity index (χ0) is 16.7. The van der Waals surface area contributed by atoms with E-state index in [4.69, 9.17) is 0 Å². The molecule has 0 radical (unpaired) electrons. The standard InChI is InChI=1S/C19H28N4/c1-14(2)9-10-15(3)23-19(20-4)22-13-16-11-12-21-18-8-6-5-7-17(16)18/h5-8,11-12,14-15H,9-10,13H2,1-4H3,(H2,20,22,23). The van der Waals surface area contributed by atoms with Crippen molar-refractivity contribution in [2.24, 2.45) is 10.9 Å². The average molecular weight is 312 g/mol. The molecule has 0 aliphatic rings. The molecule has 0 saturated carbocycles. The van der Waals surface area contributed by atoms with Crippen molar-refractivity contribution in [1.82, 2.24) is 15.6 Å². The van der Waals surface area contributed by atoms with E-state index in [9.17, 15) is 0 Å². The third-order valence-corrected chi connectivity index (χ3v) is 3.97. The monoisotopic (exact) mass is 312 g/mol.